The molecule has 156 valence electrons. The summed E-state index contributed by atoms with van der Waals surface area (Å²) < 4.78 is 6.06. The lowest BCUT2D eigenvalue weighted by atomic mass is 10.2. The Kier molecular flexibility index (Phi) is 6.91. The molecule has 3 rings (SSSR count). The SMILES string of the molecule is COc1ccc2c(Cl)c(C(=O)NC(=S)Nc3cccc(NC(=O)C(C)C)c3)sc2c1. The largest absolute Gasteiger partial charge is 0.497 e. The maximum atomic E-state index is 12.7. The average molecular weight is 462 g/mol. The first kappa shape index (κ1) is 22.0. The van der Waals surface area contributed by atoms with Crippen molar-refractivity contribution in [3.05, 3.63) is 52.4 Å². The molecule has 9 heteroatoms. The number of hydrogen-bond donors (Lipinski definition) is 3. The van der Waals surface area contributed by atoms with Gasteiger partial charge in [-0.05, 0) is 48.6 Å². The molecule has 0 bridgehead atoms. The van der Waals surface area contributed by atoms with Crippen LogP contribution in [0.15, 0.2) is 42.5 Å². The normalized spacial score (nSPS) is 10.7. The second kappa shape index (κ2) is 9.42. The summed E-state index contributed by atoms with van der Waals surface area (Å²) in [5, 5.41) is 9.68. The summed E-state index contributed by atoms with van der Waals surface area (Å²) in [5.41, 5.74) is 1.27. The average Bonchev–Trinajstić information content (AvgIpc) is 3.04. The zero-order chi connectivity index (χ0) is 21.8. The first-order chi connectivity index (χ1) is 14.3. The minimum Gasteiger partial charge on any atom is -0.497 e. The Morgan fingerprint density at radius 1 is 1.10 bits per heavy atom. The number of amides is 2. The molecule has 0 aliphatic carbocycles. The lowest BCUT2D eigenvalue weighted by molar-refractivity contribution is -0.118. The van der Waals surface area contributed by atoms with Crippen LogP contribution in [0.1, 0.15) is 23.5 Å². The Morgan fingerprint density at radius 2 is 1.80 bits per heavy atom. The van der Waals surface area contributed by atoms with Crippen molar-refractivity contribution >= 4 is 73.5 Å². The molecule has 1 aromatic heterocycles. The molecule has 2 amide bonds. The number of fused-ring (bicyclic) bond motifs is 1. The van der Waals surface area contributed by atoms with E-state index in [1.54, 1.807) is 37.4 Å². The van der Waals surface area contributed by atoms with Gasteiger partial charge in [0, 0.05) is 27.4 Å². The maximum Gasteiger partial charge on any atom is 0.269 e. The highest BCUT2D eigenvalue weighted by Gasteiger charge is 2.18. The van der Waals surface area contributed by atoms with Crippen LogP contribution in [0.4, 0.5) is 11.4 Å². The van der Waals surface area contributed by atoms with Crippen LogP contribution >= 0.6 is 35.2 Å². The van der Waals surface area contributed by atoms with Crippen molar-refractivity contribution in [3.63, 3.8) is 0 Å². The number of halogens is 1. The van der Waals surface area contributed by atoms with Crippen molar-refractivity contribution in [2.24, 2.45) is 5.92 Å². The van der Waals surface area contributed by atoms with Crippen LogP contribution in [0.25, 0.3) is 10.1 Å². The van der Waals surface area contributed by atoms with Gasteiger partial charge < -0.3 is 15.4 Å². The van der Waals surface area contributed by atoms with Crippen LogP contribution in [0, 0.1) is 5.92 Å². The van der Waals surface area contributed by atoms with Crippen molar-refractivity contribution in [2.75, 3.05) is 17.7 Å². The van der Waals surface area contributed by atoms with E-state index in [0.717, 1.165) is 10.1 Å². The number of carbonyl (C=O) groups excluding carboxylic acids is 2. The third-order valence-electron chi connectivity index (χ3n) is 4.18. The quantitative estimate of drug-likeness (QED) is 0.450. The first-order valence-electron chi connectivity index (χ1n) is 9.07. The Hall–Kier alpha value is -2.68. The molecule has 0 spiro atoms. The monoisotopic (exact) mass is 461 g/mol. The number of nitrogens with one attached hydrogen (secondary N) is 3. The topological polar surface area (TPSA) is 79.5 Å². The number of hydrogen-bond acceptors (Lipinski definition) is 5. The predicted octanol–water partition coefficient (Wildman–Crippen LogP) is 5.28. The number of anilines is 2. The second-order valence-corrected chi connectivity index (χ2v) is 8.58. The van der Waals surface area contributed by atoms with E-state index in [2.05, 4.69) is 16.0 Å². The molecule has 2 aromatic carbocycles. The summed E-state index contributed by atoms with van der Waals surface area (Å²) in [6, 6.07) is 12.5. The fourth-order valence-corrected chi connectivity index (χ4v) is 4.25. The molecule has 0 aliphatic heterocycles. The molecule has 0 radical (unpaired) electrons. The minimum atomic E-state index is -0.401. The van der Waals surface area contributed by atoms with Gasteiger partial charge in [-0.15, -0.1) is 11.3 Å². The molecule has 0 saturated heterocycles. The number of thiophene rings is 1. The van der Waals surface area contributed by atoms with Gasteiger partial charge in [-0.1, -0.05) is 31.5 Å². The van der Waals surface area contributed by atoms with E-state index in [9.17, 15) is 9.59 Å². The number of methoxy groups -OCH3 is 1. The van der Waals surface area contributed by atoms with Crippen LogP contribution in [0.2, 0.25) is 5.02 Å². The van der Waals surface area contributed by atoms with Gasteiger partial charge >= 0.3 is 0 Å². The molecule has 0 atom stereocenters. The standard InChI is InChI=1S/C21H20ClN3O3S2/c1-11(2)19(26)23-12-5-4-6-13(9-12)24-21(29)25-20(27)18-17(22)15-8-7-14(28-3)10-16(15)30-18/h4-11H,1-3H3,(H,23,26)(H2,24,25,27,29). The molecule has 30 heavy (non-hydrogen) atoms. The van der Waals surface area contributed by atoms with E-state index in [1.807, 2.05) is 26.0 Å². The molecule has 3 aromatic rings. The third kappa shape index (κ3) is 5.08. The van der Waals surface area contributed by atoms with E-state index in [4.69, 9.17) is 28.6 Å². The highest BCUT2D eigenvalue weighted by atomic mass is 35.5. The Balaban J connectivity index is 1.69. The van der Waals surface area contributed by atoms with Crippen LogP contribution < -0.4 is 20.7 Å². The highest BCUT2D eigenvalue weighted by molar-refractivity contribution is 7.80. The third-order valence-corrected chi connectivity index (χ3v) is 6.04. The van der Waals surface area contributed by atoms with Crippen LogP contribution in [0.5, 0.6) is 5.75 Å². The van der Waals surface area contributed by atoms with E-state index < -0.39 is 5.91 Å². The van der Waals surface area contributed by atoms with Gasteiger partial charge in [-0.3, -0.25) is 14.9 Å². The smallest absolute Gasteiger partial charge is 0.269 e. The molecular formula is C21H20ClN3O3S2. The van der Waals surface area contributed by atoms with Crippen molar-refractivity contribution in [2.45, 2.75) is 13.8 Å². The van der Waals surface area contributed by atoms with Crippen LogP contribution in [-0.2, 0) is 4.79 Å². The fraction of sp³-hybridized carbons (Fsp3) is 0.190. The first-order valence-corrected chi connectivity index (χ1v) is 10.7. The Morgan fingerprint density at radius 3 is 2.47 bits per heavy atom. The molecule has 0 saturated carbocycles. The van der Waals surface area contributed by atoms with Gasteiger partial charge in [0.05, 0.1) is 12.1 Å². The van der Waals surface area contributed by atoms with Crippen molar-refractivity contribution in [1.29, 1.82) is 0 Å². The van der Waals surface area contributed by atoms with Crippen LogP contribution in [-0.4, -0.2) is 24.0 Å². The van der Waals surface area contributed by atoms with E-state index >= 15 is 0 Å². The van der Waals surface area contributed by atoms with E-state index in [1.165, 1.54) is 11.3 Å². The summed E-state index contributed by atoms with van der Waals surface area (Å²) in [4.78, 5) is 24.9. The maximum absolute atomic E-state index is 12.7. The molecule has 3 N–H and O–H groups in total. The van der Waals surface area contributed by atoms with Gasteiger partial charge in [-0.2, -0.15) is 0 Å². The summed E-state index contributed by atoms with van der Waals surface area (Å²) in [6.45, 7) is 3.63. The van der Waals surface area contributed by atoms with Gasteiger partial charge in [-0.25, -0.2) is 0 Å². The second-order valence-electron chi connectivity index (χ2n) is 6.74. The molecule has 0 unspecified atom stereocenters. The molecule has 0 fully saturated rings. The van der Waals surface area contributed by atoms with Crippen molar-refractivity contribution < 1.29 is 14.3 Å². The summed E-state index contributed by atoms with van der Waals surface area (Å²) >= 11 is 12.9. The zero-order valence-electron chi connectivity index (χ0n) is 16.5. The van der Waals surface area contributed by atoms with E-state index in [0.29, 0.717) is 27.0 Å². The molecule has 1 heterocycles. The fourth-order valence-electron chi connectivity index (χ4n) is 2.60. The van der Waals surface area contributed by atoms with Gasteiger partial charge in [0.2, 0.25) is 5.91 Å². The number of ether oxygens (including phenoxy) is 1. The van der Waals surface area contributed by atoms with E-state index in [-0.39, 0.29) is 16.9 Å². The minimum absolute atomic E-state index is 0.0842. The van der Waals surface area contributed by atoms with Crippen LogP contribution in [0.3, 0.4) is 0 Å². The molecule has 6 nitrogen and oxygen atoms in total. The number of thiocarbonyl (C=S) groups is 1. The van der Waals surface area contributed by atoms with Gasteiger partial charge in [0.15, 0.2) is 5.11 Å². The lowest BCUT2D eigenvalue weighted by Crippen LogP contribution is -2.33. The lowest BCUT2D eigenvalue weighted by Gasteiger charge is -2.12. The van der Waals surface area contributed by atoms with Crippen molar-refractivity contribution in [3.8, 4) is 5.75 Å². The Labute approximate surface area is 188 Å². The zero-order valence-corrected chi connectivity index (χ0v) is 18.9. The number of benzene rings is 2. The Bertz CT molecular complexity index is 1130. The number of rotatable bonds is 5. The summed E-state index contributed by atoms with van der Waals surface area (Å²) in [5.74, 6) is 0.0722. The summed E-state index contributed by atoms with van der Waals surface area (Å²) in [7, 11) is 1.58. The predicted molar refractivity (Wildman–Crippen MR) is 127 cm³/mol. The van der Waals surface area contributed by atoms with Crippen molar-refractivity contribution in [1.82, 2.24) is 5.32 Å². The molecule has 0 aliphatic rings. The number of carbonyl (C=O) groups is 2. The molecular weight excluding hydrogens is 442 g/mol. The highest BCUT2D eigenvalue weighted by Crippen LogP contribution is 2.37. The van der Waals surface area contributed by atoms with Gasteiger partial charge in [0.1, 0.15) is 10.6 Å². The summed E-state index contributed by atoms with van der Waals surface area (Å²) in [6.07, 6.45) is 0. The van der Waals surface area contributed by atoms with Gasteiger partial charge in [0.25, 0.3) is 5.91 Å².